The minimum atomic E-state index is -4.36. The summed E-state index contributed by atoms with van der Waals surface area (Å²) in [6.07, 6.45) is -1.45. The highest BCUT2D eigenvalue weighted by Gasteiger charge is 2.65. The van der Waals surface area contributed by atoms with Crippen molar-refractivity contribution in [3.63, 3.8) is 0 Å². The number of hydrogen-bond donors (Lipinski definition) is 0. The summed E-state index contributed by atoms with van der Waals surface area (Å²) in [6, 6.07) is 4.45. The zero-order valence-corrected chi connectivity index (χ0v) is 16.9. The Balaban J connectivity index is 3.19. The maximum atomic E-state index is 12.9. The molecule has 1 aromatic rings. The van der Waals surface area contributed by atoms with E-state index in [-0.39, 0.29) is 11.4 Å². The first kappa shape index (κ1) is 23.2. The summed E-state index contributed by atoms with van der Waals surface area (Å²) in [5.41, 5.74) is -0.230. The average Bonchev–Trinajstić information content (AvgIpc) is 2.66. The van der Waals surface area contributed by atoms with Gasteiger partial charge in [0.2, 0.25) is 0 Å². The number of carbonyl (C=O) groups excluding carboxylic acids is 1. The molecule has 14 heteroatoms. The van der Waals surface area contributed by atoms with E-state index < -0.39 is 31.4 Å². The van der Waals surface area contributed by atoms with Crippen LogP contribution in [0.2, 0.25) is 0 Å². The first-order valence-corrected chi connectivity index (χ1v) is 10.2. The van der Waals surface area contributed by atoms with Gasteiger partial charge in [0.25, 0.3) is 5.69 Å². The van der Waals surface area contributed by atoms with Crippen LogP contribution in [0.5, 0.6) is 5.75 Å². The second kappa shape index (κ2) is 8.92. The van der Waals surface area contributed by atoms with Crippen LogP contribution in [0.25, 0.3) is 0 Å². The minimum absolute atomic E-state index is 0.123. The van der Waals surface area contributed by atoms with E-state index in [0.717, 1.165) is 59.6 Å². The van der Waals surface area contributed by atoms with Crippen molar-refractivity contribution in [2.45, 2.75) is 12.0 Å². The van der Waals surface area contributed by atoms with Crippen molar-refractivity contribution in [2.24, 2.45) is 0 Å². The molecule has 27 heavy (non-hydrogen) atoms. The maximum absolute atomic E-state index is 12.9. The molecule has 1 rings (SSSR count). The quantitative estimate of drug-likeness (QED) is 0.186. The van der Waals surface area contributed by atoms with Gasteiger partial charge in [-0.1, -0.05) is 0 Å². The third kappa shape index (κ3) is 4.55. The lowest BCUT2D eigenvalue weighted by atomic mass is 10.3. The molecule has 0 atom stereocenters. The number of nitro groups is 1. The van der Waals surface area contributed by atoms with Crippen LogP contribution in [0.15, 0.2) is 24.3 Å². The predicted octanol–water partition coefficient (Wildman–Crippen LogP) is 3.76. The van der Waals surface area contributed by atoms with Gasteiger partial charge in [-0.3, -0.25) is 19.2 Å². The van der Waals surface area contributed by atoms with Gasteiger partial charge in [0.05, 0.1) is 4.92 Å². The van der Waals surface area contributed by atoms with E-state index in [2.05, 4.69) is 0 Å². The summed E-state index contributed by atoms with van der Waals surface area (Å²) in [5.74, 6) is -0.123. The normalized spacial score (nSPS) is 12.5. The number of benzene rings is 1. The fourth-order valence-electron chi connectivity index (χ4n) is 2.00. The molecule has 0 bridgehead atoms. The lowest BCUT2D eigenvalue weighted by Gasteiger charge is -2.36. The Hall–Kier alpha value is -1.81. The summed E-state index contributed by atoms with van der Waals surface area (Å²) in [7, 11) is -4.77. The topological polar surface area (TPSA) is 150 Å². The smallest absolute Gasteiger partial charge is 0.401 e. The Morgan fingerprint density at radius 1 is 0.963 bits per heavy atom. The average molecular weight is 427 g/mol. The second-order valence-electron chi connectivity index (χ2n) is 4.86. The predicted molar refractivity (Wildman–Crippen MR) is 91.9 cm³/mol. The van der Waals surface area contributed by atoms with E-state index in [1.165, 1.54) is 0 Å². The third-order valence-electron chi connectivity index (χ3n) is 3.50. The zero-order chi connectivity index (χ0) is 20.9. The highest BCUT2D eigenvalue weighted by atomic mass is 31.2. The third-order valence-corrected chi connectivity index (χ3v) is 9.11. The van der Waals surface area contributed by atoms with E-state index in [0.29, 0.717) is 0 Å². The van der Waals surface area contributed by atoms with Gasteiger partial charge in [0.1, 0.15) is 5.75 Å². The Bertz CT molecular complexity index is 737. The standard InChI is InChI=1S/C13H19NO11P2/c1-13(26(18,20-2)21-3,27(19,22-4)23-5)25-12(15)24-11-8-6-10(7-9-11)14(16)17/h6-9H,1-5H3. The number of rotatable bonds is 9. The second-order valence-corrected chi connectivity index (χ2v) is 10.4. The molecule has 0 aromatic heterocycles. The van der Waals surface area contributed by atoms with E-state index in [9.17, 15) is 24.0 Å². The first-order valence-electron chi connectivity index (χ1n) is 7.11. The summed E-state index contributed by atoms with van der Waals surface area (Å²) in [6.45, 7) is 0.978. The Morgan fingerprint density at radius 2 is 1.37 bits per heavy atom. The number of nitrogens with zero attached hydrogens (tertiary/aromatic N) is 1. The minimum Gasteiger partial charge on any atom is -0.401 e. The molecule has 0 amide bonds. The Kier molecular flexibility index (Phi) is 7.67. The van der Waals surface area contributed by atoms with Gasteiger partial charge in [-0.05, 0) is 19.1 Å². The number of nitro benzene ring substituents is 1. The van der Waals surface area contributed by atoms with Crippen molar-refractivity contribution in [2.75, 3.05) is 28.4 Å². The molecule has 0 aliphatic carbocycles. The molecule has 0 unspecified atom stereocenters. The van der Waals surface area contributed by atoms with Crippen LogP contribution in [-0.4, -0.2) is 44.6 Å². The molecular weight excluding hydrogens is 408 g/mol. The molecule has 152 valence electrons. The molecule has 0 aliphatic rings. The van der Waals surface area contributed by atoms with Crippen molar-refractivity contribution in [3.05, 3.63) is 34.4 Å². The molecular formula is C13H19NO11P2. The Morgan fingerprint density at radius 3 is 1.70 bits per heavy atom. The number of ether oxygens (including phenoxy) is 2. The van der Waals surface area contributed by atoms with Crippen LogP contribution in [0.3, 0.4) is 0 Å². The fraction of sp³-hybridized carbons (Fsp3) is 0.462. The molecule has 0 N–H and O–H groups in total. The molecule has 0 saturated heterocycles. The molecule has 0 saturated carbocycles. The molecule has 0 spiro atoms. The van der Waals surface area contributed by atoms with Gasteiger partial charge in [-0.15, -0.1) is 0 Å². The van der Waals surface area contributed by atoms with Gasteiger partial charge < -0.3 is 27.6 Å². The highest BCUT2D eigenvalue weighted by Crippen LogP contribution is 2.77. The molecule has 0 fully saturated rings. The van der Waals surface area contributed by atoms with Crippen molar-refractivity contribution in [1.29, 1.82) is 0 Å². The Labute approximate surface area is 154 Å². The summed E-state index contributed by atoms with van der Waals surface area (Å²) in [5, 5.41) is 8.12. The summed E-state index contributed by atoms with van der Waals surface area (Å²) < 4.78 is 54.7. The first-order chi connectivity index (χ1) is 12.5. The SMILES string of the molecule is COP(=O)(OC)C(C)(OC(=O)Oc1ccc([N+](=O)[O-])cc1)P(=O)(OC)OC. The van der Waals surface area contributed by atoms with Crippen molar-refractivity contribution in [3.8, 4) is 5.75 Å². The van der Waals surface area contributed by atoms with Gasteiger partial charge in [0.15, 0.2) is 0 Å². The van der Waals surface area contributed by atoms with Crippen LogP contribution < -0.4 is 4.74 Å². The van der Waals surface area contributed by atoms with Gasteiger partial charge in [-0.25, -0.2) is 4.79 Å². The van der Waals surface area contributed by atoms with Crippen LogP contribution in [0.4, 0.5) is 10.5 Å². The molecule has 0 aliphatic heterocycles. The van der Waals surface area contributed by atoms with Gasteiger partial charge >= 0.3 is 26.4 Å². The van der Waals surface area contributed by atoms with Crippen molar-refractivity contribution in [1.82, 2.24) is 0 Å². The van der Waals surface area contributed by atoms with Gasteiger partial charge in [-0.2, -0.15) is 0 Å². The fourth-order valence-corrected chi connectivity index (χ4v) is 6.20. The monoisotopic (exact) mass is 427 g/mol. The highest BCUT2D eigenvalue weighted by molar-refractivity contribution is 7.73. The van der Waals surface area contributed by atoms with E-state index in [1.54, 1.807) is 0 Å². The van der Waals surface area contributed by atoms with Crippen molar-refractivity contribution >= 4 is 27.0 Å². The maximum Gasteiger partial charge on any atom is 0.515 e. The number of carbonyl (C=O) groups is 1. The van der Waals surface area contributed by atoms with Crippen molar-refractivity contribution < 1.29 is 46.4 Å². The zero-order valence-electron chi connectivity index (χ0n) is 15.1. The summed E-state index contributed by atoms with van der Waals surface area (Å²) >= 11 is 0. The van der Waals surface area contributed by atoms with Crippen LogP contribution >= 0.6 is 15.2 Å². The molecule has 0 radical (unpaired) electrons. The molecule has 1 aromatic carbocycles. The summed E-state index contributed by atoms with van der Waals surface area (Å²) in [4.78, 5) is 22.2. The van der Waals surface area contributed by atoms with Crippen LogP contribution in [0.1, 0.15) is 6.92 Å². The van der Waals surface area contributed by atoms with E-state index in [4.69, 9.17) is 27.6 Å². The lowest BCUT2D eigenvalue weighted by Crippen LogP contribution is -2.35. The van der Waals surface area contributed by atoms with Gasteiger partial charge in [0, 0.05) is 40.6 Å². The number of non-ortho nitro benzene ring substituents is 1. The molecule has 12 nitrogen and oxygen atoms in total. The van der Waals surface area contributed by atoms with Crippen LogP contribution in [0, 0.1) is 10.1 Å². The molecule has 0 heterocycles. The van der Waals surface area contributed by atoms with Crippen LogP contribution in [-0.2, 0) is 32.0 Å². The number of hydrogen-bond acceptors (Lipinski definition) is 11. The largest absolute Gasteiger partial charge is 0.515 e. The lowest BCUT2D eigenvalue weighted by molar-refractivity contribution is -0.384. The van der Waals surface area contributed by atoms with E-state index in [1.807, 2.05) is 0 Å². The van der Waals surface area contributed by atoms with E-state index >= 15 is 0 Å².